The summed E-state index contributed by atoms with van der Waals surface area (Å²) in [5.41, 5.74) is 1.02. The van der Waals surface area contributed by atoms with Gasteiger partial charge in [-0.2, -0.15) is 0 Å². The molecule has 2 aromatic rings. The second-order valence-corrected chi connectivity index (χ2v) is 7.86. The molecule has 1 aromatic heterocycles. The zero-order valence-electron chi connectivity index (χ0n) is 14.5. The number of amides is 2. The molecule has 6 heteroatoms. The van der Waals surface area contributed by atoms with E-state index in [1.54, 1.807) is 4.90 Å². The molecule has 2 aliphatic heterocycles. The van der Waals surface area contributed by atoms with Crippen molar-refractivity contribution in [3.05, 3.63) is 34.7 Å². The van der Waals surface area contributed by atoms with Gasteiger partial charge in [0, 0.05) is 37.4 Å². The van der Waals surface area contributed by atoms with E-state index in [9.17, 15) is 9.59 Å². The van der Waals surface area contributed by atoms with Crippen LogP contribution in [0.2, 0.25) is 0 Å². The number of carbonyl (C=O) groups is 2. The normalized spacial score (nSPS) is 21.1. The van der Waals surface area contributed by atoms with Crippen LogP contribution in [0.5, 0.6) is 0 Å². The third-order valence-corrected chi connectivity index (χ3v) is 6.51. The van der Waals surface area contributed by atoms with Crippen LogP contribution >= 0.6 is 11.3 Å². The summed E-state index contributed by atoms with van der Waals surface area (Å²) in [6.07, 6.45) is 2.13. The highest BCUT2D eigenvalue weighted by atomic mass is 32.1. The van der Waals surface area contributed by atoms with Crippen molar-refractivity contribution in [3.63, 3.8) is 0 Å². The van der Waals surface area contributed by atoms with Crippen LogP contribution in [0.15, 0.2) is 24.3 Å². The van der Waals surface area contributed by atoms with Crippen LogP contribution in [0.25, 0.3) is 10.1 Å². The van der Waals surface area contributed by atoms with E-state index < -0.39 is 0 Å². The van der Waals surface area contributed by atoms with E-state index in [2.05, 4.69) is 17.4 Å². The number of likely N-dealkylation sites (tertiary alicyclic amines) is 1. The van der Waals surface area contributed by atoms with Gasteiger partial charge < -0.3 is 15.1 Å². The van der Waals surface area contributed by atoms with E-state index in [0.717, 1.165) is 53.0 Å². The minimum absolute atomic E-state index is 0.00209. The highest BCUT2D eigenvalue weighted by Crippen LogP contribution is 2.32. The summed E-state index contributed by atoms with van der Waals surface area (Å²) in [6, 6.07) is 7.72. The second kappa shape index (κ2) is 6.77. The predicted octanol–water partition coefficient (Wildman–Crippen LogP) is 2.25. The van der Waals surface area contributed by atoms with Gasteiger partial charge in [-0.15, -0.1) is 11.3 Å². The Morgan fingerprint density at radius 1 is 1.16 bits per heavy atom. The standard InChI is InChI=1S/C19H23N3O2S/c1-13-14-6-2-3-7-16(14)25-17(13)19(24)22-11-8-20-12-15(22)18(23)21-9-4-5-10-21/h2-3,6-7,15,20H,4-5,8-12H2,1H3/t15-/m0/s1. The van der Waals surface area contributed by atoms with Crippen LogP contribution in [-0.4, -0.2) is 60.4 Å². The van der Waals surface area contributed by atoms with Crippen molar-refractivity contribution in [2.45, 2.75) is 25.8 Å². The summed E-state index contributed by atoms with van der Waals surface area (Å²) in [4.78, 5) is 30.6. The van der Waals surface area contributed by atoms with E-state index in [-0.39, 0.29) is 17.9 Å². The zero-order chi connectivity index (χ0) is 17.4. The van der Waals surface area contributed by atoms with Crippen LogP contribution in [0.4, 0.5) is 0 Å². The van der Waals surface area contributed by atoms with Crippen molar-refractivity contribution in [2.24, 2.45) is 0 Å². The molecule has 5 nitrogen and oxygen atoms in total. The van der Waals surface area contributed by atoms with Crippen LogP contribution in [0, 0.1) is 6.92 Å². The number of thiophene rings is 1. The van der Waals surface area contributed by atoms with Gasteiger partial charge in [0.05, 0.1) is 4.88 Å². The minimum atomic E-state index is -0.385. The predicted molar refractivity (Wildman–Crippen MR) is 100 cm³/mol. The summed E-state index contributed by atoms with van der Waals surface area (Å²) in [5.74, 6) is 0.0922. The SMILES string of the molecule is Cc1c(C(=O)N2CCNC[C@H]2C(=O)N2CCCC2)sc2ccccc12. The molecule has 1 N–H and O–H groups in total. The summed E-state index contributed by atoms with van der Waals surface area (Å²) >= 11 is 1.54. The van der Waals surface area contributed by atoms with E-state index in [4.69, 9.17) is 0 Å². The Morgan fingerprint density at radius 3 is 2.68 bits per heavy atom. The maximum Gasteiger partial charge on any atom is 0.265 e. The van der Waals surface area contributed by atoms with Gasteiger partial charge in [0.15, 0.2) is 0 Å². The lowest BCUT2D eigenvalue weighted by Crippen LogP contribution is -2.59. The first-order valence-corrected chi connectivity index (χ1v) is 9.77. The van der Waals surface area contributed by atoms with Crippen molar-refractivity contribution in [1.29, 1.82) is 0 Å². The molecule has 1 aromatic carbocycles. The van der Waals surface area contributed by atoms with Gasteiger partial charge in [-0.1, -0.05) is 18.2 Å². The molecule has 0 aliphatic carbocycles. The Hall–Kier alpha value is -1.92. The number of nitrogens with one attached hydrogen (secondary N) is 1. The first kappa shape index (κ1) is 16.5. The Kier molecular flexibility index (Phi) is 4.48. The van der Waals surface area contributed by atoms with Gasteiger partial charge >= 0.3 is 0 Å². The first-order chi connectivity index (χ1) is 12.2. The molecule has 132 valence electrons. The summed E-state index contributed by atoms with van der Waals surface area (Å²) < 4.78 is 1.13. The topological polar surface area (TPSA) is 52.7 Å². The maximum atomic E-state index is 13.3. The lowest BCUT2D eigenvalue weighted by molar-refractivity contribution is -0.135. The smallest absolute Gasteiger partial charge is 0.265 e. The number of hydrogen-bond donors (Lipinski definition) is 1. The number of hydrogen-bond acceptors (Lipinski definition) is 4. The molecular weight excluding hydrogens is 334 g/mol. The first-order valence-electron chi connectivity index (χ1n) is 8.95. The highest BCUT2D eigenvalue weighted by Gasteiger charge is 2.36. The lowest BCUT2D eigenvalue weighted by Gasteiger charge is -2.37. The van der Waals surface area contributed by atoms with Gasteiger partial charge in [0.2, 0.25) is 5.91 Å². The molecule has 25 heavy (non-hydrogen) atoms. The van der Waals surface area contributed by atoms with E-state index >= 15 is 0 Å². The summed E-state index contributed by atoms with van der Waals surface area (Å²) in [5, 5.41) is 4.41. The number of aryl methyl sites for hydroxylation is 1. The largest absolute Gasteiger partial charge is 0.341 e. The van der Waals surface area contributed by atoms with Crippen LogP contribution < -0.4 is 5.32 Å². The van der Waals surface area contributed by atoms with Crippen molar-refractivity contribution in [2.75, 3.05) is 32.7 Å². The molecule has 3 heterocycles. The Bertz CT molecular complexity index is 810. The van der Waals surface area contributed by atoms with Crippen molar-refractivity contribution in [3.8, 4) is 0 Å². The lowest BCUT2D eigenvalue weighted by atomic mass is 10.1. The number of carbonyl (C=O) groups excluding carboxylic acids is 2. The molecular formula is C19H23N3O2S. The Morgan fingerprint density at radius 2 is 1.92 bits per heavy atom. The molecule has 0 radical (unpaired) electrons. The molecule has 2 aliphatic rings. The van der Waals surface area contributed by atoms with Crippen molar-refractivity contribution < 1.29 is 9.59 Å². The molecule has 2 saturated heterocycles. The fourth-order valence-corrected chi connectivity index (χ4v) is 4.99. The molecule has 2 amide bonds. The maximum absolute atomic E-state index is 13.3. The minimum Gasteiger partial charge on any atom is -0.341 e. The van der Waals surface area contributed by atoms with Gasteiger partial charge in [-0.25, -0.2) is 0 Å². The second-order valence-electron chi connectivity index (χ2n) is 6.80. The average Bonchev–Trinajstić information content (AvgIpc) is 3.29. The molecule has 0 spiro atoms. The molecule has 4 rings (SSSR count). The van der Waals surface area contributed by atoms with Crippen molar-refractivity contribution >= 4 is 33.2 Å². The molecule has 1 atom stereocenters. The molecule has 0 unspecified atom stereocenters. The van der Waals surface area contributed by atoms with Crippen LogP contribution in [0.3, 0.4) is 0 Å². The van der Waals surface area contributed by atoms with Crippen molar-refractivity contribution in [1.82, 2.24) is 15.1 Å². The monoisotopic (exact) mass is 357 g/mol. The number of piperazine rings is 1. The quantitative estimate of drug-likeness (QED) is 0.897. The van der Waals surface area contributed by atoms with Crippen LogP contribution in [-0.2, 0) is 4.79 Å². The van der Waals surface area contributed by atoms with E-state index in [0.29, 0.717) is 13.1 Å². The Labute approximate surface area is 151 Å². The number of nitrogens with zero attached hydrogens (tertiary/aromatic N) is 2. The van der Waals surface area contributed by atoms with Gasteiger partial charge in [0.25, 0.3) is 5.91 Å². The molecule has 2 fully saturated rings. The van der Waals surface area contributed by atoms with E-state index in [1.807, 2.05) is 24.0 Å². The van der Waals surface area contributed by atoms with E-state index in [1.165, 1.54) is 11.3 Å². The zero-order valence-corrected chi connectivity index (χ0v) is 15.3. The summed E-state index contributed by atoms with van der Waals surface area (Å²) in [7, 11) is 0. The average molecular weight is 357 g/mol. The highest BCUT2D eigenvalue weighted by molar-refractivity contribution is 7.21. The fourth-order valence-electron chi connectivity index (χ4n) is 3.83. The third-order valence-electron chi connectivity index (χ3n) is 5.24. The number of rotatable bonds is 2. The van der Waals surface area contributed by atoms with Gasteiger partial charge in [0.1, 0.15) is 6.04 Å². The van der Waals surface area contributed by atoms with Gasteiger partial charge in [-0.05, 0) is 36.8 Å². The van der Waals surface area contributed by atoms with Gasteiger partial charge in [-0.3, -0.25) is 9.59 Å². The van der Waals surface area contributed by atoms with Crippen LogP contribution in [0.1, 0.15) is 28.1 Å². The molecule has 0 bridgehead atoms. The third kappa shape index (κ3) is 2.93. The number of fused-ring (bicyclic) bond motifs is 1. The fraction of sp³-hybridized carbons (Fsp3) is 0.474. The number of benzene rings is 1. The molecule has 0 saturated carbocycles. The Balaban J connectivity index is 1.64. The summed E-state index contributed by atoms with van der Waals surface area (Å²) in [6.45, 7) is 5.51.